The van der Waals surface area contributed by atoms with Gasteiger partial charge in [-0.15, -0.1) is 0 Å². The van der Waals surface area contributed by atoms with Crippen LogP contribution in [0.15, 0.2) is 47.4 Å². The number of rotatable bonds is 11. The predicted molar refractivity (Wildman–Crippen MR) is 131 cm³/mol. The summed E-state index contributed by atoms with van der Waals surface area (Å²) in [4.78, 5) is 14.9. The van der Waals surface area contributed by atoms with E-state index >= 15 is 0 Å². The fourth-order valence-corrected chi connectivity index (χ4v) is 5.19. The van der Waals surface area contributed by atoms with Gasteiger partial charge in [0.25, 0.3) is 5.91 Å². The molecule has 0 spiro atoms. The average molecular weight is 492 g/mol. The van der Waals surface area contributed by atoms with Crippen molar-refractivity contribution in [1.29, 1.82) is 0 Å². The van der Waals surface area contributed by atoms with Crippen LogP contribution in [0.3, 0.4) is 0 Å². The number of carbonyl (C=O) groups excluding carboxylic acids is 1. The summed E-state index contributed by atoms with van der Waals surface area (Å²) < 4.78 is 43.9. The Balaban J connectivity index is 1.79. The number of anilines is 2. The first-order chi connectivity index (χ1) is 16.4. The zero-order valence-electron chi connectivity index (χ0n) is 20.0. The van der Waals surface area contributed by atoms with E-state index in [1.54, 1.807) is 50.2 Å². The monoisotopic (exact) mass is 491 g/mol. The minimum absolute atomic E-state index is 0.135. The number of morpholine rings is 1. The number of nitrogens with zero attached hydrogens (tertiary/aromatic N) is 2. The highest BCUT2D eigenvalue weighted by molar-refractivity contribution is 7.89. The summed E-state index contributed by atoms with van der Waals surface area (Å²) >= 11 is 0. The first-order valence-electron chi connectivity index (χ1n) is 11.5. The quantitative estimate of drug-likeness (QED) is 0.516. The first-order valence-corrected chi connectivity index (χ1v) is 12.9. The van der Waals surface area contributed by atoms with Crippen LogP contribution in [0, 0.1) is 0 Å². The lowest BCUT2D eigenvalue weighted by atomic mass is 10.2. The van der Waals surface area contributed by atoms with Crippen LogP contribution >= 0.6 is 0 Å². The highest BCUT2D eigenvalue weighted by Gasteiger charge is 2.24. The molecule has 0 radical (unpaired) electrons. The molecule has 0 aromatic heterocycles. The van der Waals surface area contributed by atoms with Crippen molar-refractivity contribution in [3.05, 3.63) is 42.5 Å². The van der Waals surface area contributed by atoms with Crippen LogP contribution in [-0.2, 0) is 19.6 Å². The van der Waals surface area contributed by atoms with Gasteiger partial charge < -0.3 is 24.4 Å². The van der Waals surface area contributed by atoms with Gasteiger partial charge >= 0.3 is 0 Å². The van der Waals surface area contributed by atoms with Crippen LogP contribution in [0.1, 0.15) is 20.8 Å². The summed E-state index contributed by atoms with van der Waals surface area (Å²) in [6.07, 6.45) is 0. The molecule has 10 heteroatoms. The Morgan fingerprint density at radius 1 is 1.00 bits per heavy atom. The van der Waals surface area contributed by atoms with Gasteiger partial charge in [-0.25, -0.2) is 8.42 Å². The molecule has 34 heavy (non-hydrogen) atoms. The highest BCUT2D eigenvalue weighted by atomic mass is 32.2. The molecule has 1 heterocycles. The Labute approximate surface area is 201 Å². The Morgan fingerprint density at radius 3 is 2.21 bits per heavy atom. The zero-order valence-corrected chi connectivity index (χ0v) is 20.8. The van der Waals surface area contributed by atoms with Crippen LogP contribution in [0.2, 0.25) is 0 Å². The van der Waals surface area contributed by atoms with Crippen molar-refractivity contribution in [2.24, 2.45) is 0 Å². The average Bonchev–Trinajstić information content (AvgIpc) is 2.85. The molecule has 0 aliphatic carbocycles. The molecule has 3 rings (SSSR count). The first kappa shape index (κ1) is 25.8. The van der Waals surface area contributed by atoms with Gasteiger partial charge in [-0.05, 0) is 49.4 Å². The second kappa shape index (κ2) is 12.0. The molecule has 1 fully saturated rings. The molecule has 1 aliphatic heterocycles. The molecule has 2 aromatic rings. The lowest BCUT2D eigenvalue weighted by Crippen LogP contribution is -2.37. The molecule has 1 N–H and O–H groups in total. The van der Waals surface area contributed by atoms with Crippen molar-refractivity contribution in [3.8, 4) is 11.5 Å². The van der Waals surface area contributed by atoms with E-state index < -0.39 is 10.0 Å². The number of hydrogen-bond acceptors (Lipinski definition) is 7. The molecule has 186 valence electrons. The van der Waals surface area contributed by atoms with Gasteiger partial charge in [0.1, 0.15) is 11.5 Å². The van der Waals surface area contributed by atoms with Crippen LogP contribution in [0.5, 0.6) is 11.5 Å². The number of amides is 1. The van der Waals surface area contributed by atoms with Gasteiger partial charge in [-0.3, -0.25) is 4.79 Å². The minimum Gasteiger partial charge on any atom is -0.494 e. The van der Waals surface area contributed by atoms with E-state index in [0.717, 1.165) is 11.4 Å². The van der Waals surface area contributed by atoms with Crippen LogP contribution < -0.4 is 19.7 Å². The molecule has 1 saturated heterocycles. The van der Waals surface area contributed by atoms with Crippen molar-refractivity contribution in [2.45, 2.75) is 25.7 Å². The molecular formula is C24H33N3O6S. The van der Waals surface area contributed by atoms with Crippen molar-refractivity contribution in [1.82, 2.24) is 4.31 Å². The molecule has 9 nitrogen and oxygen atoms in total. The maximum Gasteiger partial charge on any atom is 0.262 e. The normalized spacial score (nSPS) is 14.2. The van der Waals surface area contributed by atoms with E-state index in [2.05, 4.69) is 10.2 Å². The second-order valence-corrected chi connectivity index (χ2v) is 9.55. The summed E-state index contributed by atoms with van der Waals surface area (Å²) in [5.41, 5.74) is 1.17. The fraction of sp³-hybridized carbons (Fsp3) is 0.458. The molecule has 1 amide bonds. The number of benzene rings is 2. The molecule has 0 bridgehead atoms. The molecule has 0 saturated carbocycles. The Kier molecular flexibility index (Phi) is 9.14. The molecule has 0 unspecified atom stereocenters. The van der Waals surface area contributed by atoms with Crippen molar-refractivity contribution < 1.29 is 27.4 Å². The third-order valence-corrected chi connectivity index (χ3v) is 7.49. The van der Waals surface area contributed by atoms with Gasteiger partial charge in [0.2, 0.25) is 10.0 Å². The standard InChI is InChI=1S/C24H33N3O6S/c1-4-27(5-2)34(29,30)21-11-12-23(26-13-15-31-16-14-26)22(17-21)25-24(28)18-33-20-9-7-19(8-10-20)32-6-3/h7-12,17H,4-6,13-16,18H2,1-3H3,(H,25,28). The number of sulfonamides is 1. The Morgan fingerprint density at radius 2 is 1.62 bits per heavy atom. The summed E-state index contributed by atoms with van der Waals surface area (Å²) in [7, 11) is -3.68. The molecule has 1 aliphatic rings. The number of carbonyl (C=O) groups is 1. The second-order valence-electron chi connectivity index (χ2n) is 7.61. The lowest BCUT2D eigenvalue weighted by Gasteiger charge is -2.31. The van der Waals surface area contributed by atoms with Gasteiger partial charge in [-0.1, -0.05) is 13.8 Å². The maximum absolute atomic E-state index is 13.0. The third-order valence-electron chi connectivity index (χ3n) is 5.44. The Hall–Kier alpha value is -2.82. The lowest BCUT2D eigenvalue weighted by molar-refractivity contribution is -0.118. The number of ether oxygens (including phenoxy) is 3. The topological polar surface area (TPSA) is 97.4 Å². The van der Waals surface area contributed by atoms with E-state index in [0.29, 0.717) is 57.4 Å². The third kappa shape index (κ3) is 6.40. The van der Waals surface area contributed by atoms with Gasteiger partial charge in [0, 0.05) is 26.2 Å². The maximum atomic E-state index is 13.0. The summed E-state index contributed by atoms with van der Waals surface area (Å²) in [6.45, 7) is 8.99. The smallest absolute Gasteiger partial charge is 0.262 e. The van der Waals surface area contributed by atoms with Crippen molar-refractivity contribution >= 4 is 27.3 Å². The van der Waals surface area contributed by atoms with Crippen LogP contribution in [0.4, 0.5) is 11.4 Å². The van der Waals surface area contributed by atoms with Crippen molar-refractivity contribution in [2.75, 3.05) is 62.8 Å². The van der Waals surface area contributed by atoms with E-state index in [-0.39, 0.29) is 17.4 Å². The SMILES string of the molecule is CCOc1ccc(OCC(=O)Nc2cc(S(=O)(=O)N(CC)CC)ccc2N2CCOCC2)cc1. The predicted octanol–water partition coefficient (Wildman–Crippen LogP) is 2.97. The Bertz CT molecular complexity index is 1050. The molecular weight excluding hydrogens is 458 g/mol. The van der Waals surface area contributed by atoms with Crippen molar-refractivity contribution in [3.63, 3.8) is 0 Å². The van der Waals surface area contributed by atoms with E-state index in [1.165, 1.54) is 10.4 Å². The van der Waals surface area contributed by atoms with Gasteiger partial charge in [0.15, 0.2) is 6.61 Å². The van der Waals surface area contributed by atoms with E-state index in [1.807, 2.05) is 6.92 Å². The van der Waals surface area contributed by atoms with Crippen LogP contribution in [0.25, 0.3) is 0 Å². The van der Waals surface area contributed by atoms with E-state index in [4.69, 9.17) is 14.2 Å². The minimum atomic E-state index is -3.68. The molecule has 0 atom stereocenters. The summed E-state index contributed by atoms with van der Waals surface area (Å²) in [5, 5.41) is 2.84. The van der Waals surface area contributed by atoms with Crippen LogP contribution in [-0.4, -0.2) is 71.2 Å². The zero-order chi connectivity index (χ0) is 24.6. The fourth-order valence-electron chi connectivity index (χ4n) is 3.70. The number of hydrogen-bond donors (Lipinski definition) is 1. The summed E-state index contributed by atoms with van der Waals surface area (Å²) in [6, 6.07) is 11.9. The summed E-state index contributed by atoms with van der Waals surface area (Å²) in [5.74, 6) is 0.867. The largest absolute Gasteiger partial charge is 0.494 e. The highest BCUT2D eigenvalue weighted by Crippen LogP contribution is 2.31. The molecule has 2 aromatic carbocycles. The van der Waals surface area contributed by atoms with Gasteiger partial charge in [0.05, 0.1) is 36.1 Å². The van der Waals surface area contributed by atoms with Gasteiger partial charge in [-0.2, -0.15) is 4.31 Å². The van der Waals surface area contributed by atoms with E-state index in [9.17, 15) is 13.2 Å². The number of nitrogens with one attached hydrogen (secondary N) is 1.